The zero-order valence-electron chi connectivity index (χ0n) is 36.8. The number of aliphatic hydroxyl groups excluding tert-OH is 4. The molecule has 0 fully saturated rings. The molecule has 0 rings (SSSR count). The molecule has 0 saturated carbocycles. The highest BCUT2D eigenvalue weighted by molar-refractivity contribution is 7.47. The number of phosphoric acid groups is 2. The van der Waals surface area contributed by atoms with Gasteiger partial charge in [0.1, 0.15) is 12.7 Å². The van der Waals surface area contributed by atoms with Crippen molar-refractivity contribution in [3.63, 3.8) is 0 Å². The Morgan fingerprint density at radius 2 is 1.08 bits per heavy atom. The van der Waals surface area contributed by atoms with Crippen LogP contribution in [0, 0.1) is 0 Å². The van der Waals surface area contributed by atoms with Crippen molar-refractivity contribution < 1.29 is 76.9 Å². The van der Waals surface area contributed by atoms with E-state index in [0.717, 1.165) is 57.8 Å². The maximum Gasteiger partial charge on any atom is 0.472 e. The highest BCUT2D eigenvalue weighted by Crippen LogP contribution is 2.43. The molecule has 7 N–H and O–H groups in total. The van der Waals surface area contributed by atoms with E-state index in [4.69, 9.17) is 23.8 Å². The first-order valence-electron chi connectivity index (χ1n) is 22.0. The molecule has 0 bridgehead atoms. The number of hydrogen-bond acceptors (Lipinski definition) is 13. The third-order valence-corrected chi connectivity index (χ3v) is 10.4. The average molecular weight is 923 g/mol. The van der Waals surface area contributed by atoms with Crippen LogP contribution in [-0.2, 0) is 41.8 Å². The van der Waals surface area contributed by atoms with Gasteiger partial charge in [0.05, 0.1) is 38.1 Å². The fourth-order valence-corrected chi connectivity index (χ4v) is 6.58. The summed E-state index contributed by atoms with van der Waals surface area (Å²) in [4.78, 5) is 52.7. The summed E-state index contributed by atoms with van der Waals surface area (Å²) in [5, 5.41) is 40.3. The number of carbonyl (C=O) groups excluding carboxylic acids is 2. The van der Waals surface area contributed by atoms with E-state index in [9.17, 15) is 44.0 Å². The minimum absolute atomic E-state index is 0.0206. The quantitative estimate of drug-likeness (QED) is 0.0133. The van der Waals surface area contributed by atoms with Gasteiger partial charge in [-0.05, 0) is 51.4 Å². The Labute approximate surface area is 369 Å². The molecule has 0 aromatic rings. The van der Waals surface area contributed by atoms with Crippen LogP contribution in [0.15, 0.2) is 72.9 Å². The number of allylic oxidation sites excluding steroid dienone is 10. The molecular weight excluding hydrogens is 846 g/mol. The number of unbranched alkanes of at least 4 members (excludes halogenated alkanes) is 11. The lowest BCUT2D eigenvalue weighted by Gasteiger charge is -2.21. The Morgan fingerprint density at radius 3 is 1.73 bits per heavy atom. The second-order valence-corrected chi connectivity index (χ2v) is 17.6. The summed E-state index contributed by atoms with van der Waals surface area (Å²) >= 11 is 0. The number of esters is 2. The summed E-state index contributed by atoms with van der Waals surface area (Å²) in [6.07, 6.45) is 31.1. The zero-order chi connectivity index (χ0) is 46.3. The maximum absolute atomic E-state index is 12.7. The lowest BCUT2D eigenvalue weighted by molar-refractivity contribution is -0.161. The van der Waals surface area contributed by atoms with E-state index in [1.807, 2.05) is 0 Å². The van der Waals surface area contributed by atoms with Crippen LogP contribution in [0.4, 0.5) is 0 Å². The molecule has 0 aliphatic heterocycles. The van der Waals surface area contributed by atoms with Crippen molar-refractivity contribution in [1.29, 1.82) is 0 Å². The molecule has 0 saturated heterocycles. The van der Waals surface area contributed by atoms with E-state index in [1.165, 1.54) is 31.8 Å². The lowest BCUT2D eigenvalue weighted by Crippen LogP contribution is -2.30. The predicted molar refractivity (Wildman–Crippen MR) is 239 cm³/mol. The molecule has 0 heterocycles. The van der Waals surface area contributed by atoms with Gasteiger partial charge < -0.3 is 44.6 Å². The summed E-state index contributed by atoms with van der Waals surface area (Å²) in [5.74, 6) is -1.39. The molecule has 0 radical (unpaired) electrons. The van der Waals surface area contributed by atoms with Crippen LogP contribution < -0.4 is 0 Å². The molecule has 0 aromatic carbocycles. The van der Waals surface area contributed by atoms with Gasteiger partial charge in [0.2, 0.25) is 0 Å². The standard InChI is InChI=1S/C44H76O16P2/c1-3-5-7-8-9-10-11-12-13-14-15-16-17-22-26-32-43(49)56-36-40(37-59-62(54,55)58-35-39(46)34-57-61(51,52)53)60-44(50)33-27-31-42(48)41(47)30-25-21-19-18-20-24-29-38(45)28-23-6-4-2/h10-13,18-21,24-25,29-30,38-42,45-48H,3-9,14-17,22-23,26-28,31-37H2,1-2H3,(H,54,55)(H2,51,52,53)/b11-10-,13-12-,20-18-,21-19+,29-24+,30-25+/t38-,39-,40+,41-,42-/m0/s1. The molecule has 358 valence electrons. The van der Waals surface area contributed by atoms with Gasteiger partial charge in [-0.2, -0.15) is 0 Å². The second kappa shape index (κ2) is 38.9. The first kappa shape index (κ1) is 59.4. The van der Waals surface area contributed by atoms with Crippen molar-refractivity contribution in [3.05, 3.63) is 72.9 Å². The van der Waals surface area contributed by atoms with E-state index in [0.29, 0.717) is 12.8 Å². The molecule has 6 atom stereocenters. The van der Waals surface area contributed by atoms with Gasteiger partial charge >= 0.3 is 27.6 Å². The van der Waals surface area contributed by atoms with E-state index < -0.39 is 84.5 Å². The van der Waals surface area contributed by atoms with E-state index >= 15 is 0 Å². The smallest absolute Gasteiger partial charge is 0.462 e. The van der Waals surface area contributed by atoms with E-state index in [1.54, 1.807) is 42.5 Å². The number of hydrogen-bond donors (Lipinski definition) is 7. The fourth-order valence-electron chi connectivity index (χ4n) is 5.43. The Morgan fingerprint density at radius 1 is 0.548 bits per heavy atom. The highest BCUT2D eigenvalue weighted by Gasteiger charge is 2.28. The summed E-state index contributed by atoms with van der Waals surface area (Å²) in [7, 11) is -9.82. The van der Waals surface area contributed by atoms with Crippen LogP contribution in [-0.4, -0.2) is 104 Å². The predicted octanol–water partition coefficient (Wildman–Crippen LogP) is 7.92. The van der Waals surface area contributed by atoms with Crippen LogP contribution in [0.5, 0.6) is 0 Å². The van der Waals surface area contributed by atoms with Gasteiger partial charge in [-0.1, -0.05) is 145 Å². The first-order chi connectivity index (χ1) is 29.6. The topological polar surface area (TPSA) is 256 Å². The molecule has 0 aromatic heterocycles. The molecule has 0 spiro atoms. The van der Waals surface area contributed by atoms with Crippen molar-refractivity contribution in [3.8, 4) is 0 Å². The second-order valence-electron chi connectivity index (χ2n) is 14.9. The third-order valence-electron chi connectivity index (χ3n) is 8.95. The molecule has 16 nitrogen and oxygen atoms in total. The minimum atomic E-state index is -4.91. The largest absolute Gasteiger partial charge is 0.472 e. The van der Waals surface area contributed by atoms with Crippen LogP contribution in [0.25, 0.3) is 0 Å². The van der Waals surface area contributed by atoms with Crippen LogP contribution in [0.2, 0.25) is 0 Å². The van der Waals surface area contributed by atoms with Crippen molar-refractivity contribution in [2.75, 3.05) is 26.4 Å². The molecule has 1 unspecified atom stereocenters. The van der Waals surface area contributed by atoms with Crippen LogP contribution in [0.1, 0.15) is 136 Å². The van der Waals surface area contributed by atoms with Crippen molar-refractivity contribution >= 4 is 27.6 Å². The Balaban J connectivity index is 4.89. The molecule has 62 heavy (non-hydrogen) atoms. The lowest BCUT2D eigenvalue weighted by atomic mass is 10.1. The van der Waals surface area contributed by atoms with Gasteiger partial charge in [-0.3, -0.25) is 23.2 Å². The number of phosphoric ester groups is 2. The summed E-state index contributed by atoms with van der Waals surface area (Å²) in [6, 6.07) is 0. The van der Waals surface area contributed by atoms with Crippen molar-refractivity contribution in [2.45, 2.75) is 166 Å². The van der Waals surface area contributed by atoms with Crippen molar-refractivity contribution in [2.24, 2.45) is 0 Å². The number of aliphatic hydroxyl groups is 4. The highest BCUT2D eigenvalue weighted by atomic mass is 31.2. The van der Waals surface area contributed by atoms with Gasteiger partial charge in [0.25, 0.3) is 0 Å². The molecule has 18 heteroatoms. The summed E-state index contributed by atoms with van der Waals surface area (Å²) in [6.45, 7) is 1.21. The normalized spacial score (nSPS) is 16.2. The summed E-state index contributed by atoms with van der Waals surface area (Å²) < 4.78 is 47.5. The average Bonchev–Trinajstić information content (AvgIpc) is 3.22. The molecule has 0 aliphatic rings. The van der Waals surface area contributed by atoms with Gasteiger partial charge in [0, 0.05) is 12.8 Å². The third kappa shape index (κ3) is 40.2. The number of ether oxygens (including phenoxy) is 2. The Hall–Kier alpha value is -2.56. The van der Waals surface area contributed by atoms with Crippen molar-refractivity contribution in [1.82, 2.24) is 0 Å². The number of rotatable bonds is 40. The van der Waals surface area contributed by atoms with E-state index in [2.05, 4.69) is 47.2 Å². The molecule has 0 aliphatic carbocycles. The van der Waals surface area contributed by atoms with Gasteiger partial charge in [-0.15, -0.1) is 0 Å². The first-order valence-corrected chi connectivity index (χ1v) is 25.0. The van der Waals surface area contributed by atoms with E-state index in [-0.39, 0.29) is 25.7 Å². The minimum Gasteiger partial charge on any atom is -0.462 e. The Bertz CT molecular complexity index is 1420. The molecular formula is C44H76O16P2. The van der Waals surface area contributed by atoms with Gasteiger partial charge in [-0.25, -0.2) is 9.13 Å². The van der Waals surface area contributed by atoms with Gasteiger partial charge in [0.15, 0.2) is 6.10 Å². The Kier molecular flexibility index (Phi) is 37.3. The fraction of sp³-hybridized carbons (Fsp3) is 0.682. The number of carbonyl (C=O) groups is 2. The monoisotopic (exact) mass is 922 g/mol. The summed E-state index contributed by atoms with van der Waals surface area (Å²) in [5.41, 5.74) is 0. The SMILES string of the molecule is CCCCCC/C=C\C=C/CCCCCCCC(=O)OC[C@H](COP(=O)(O)OC[C@@H](O)COP(=O)(O)O)OC(=O)CCC[C@H](O)[C@@H](O)/C=C/C=C/C=C\C=C\[C@@H](O)CCCCC. The zero-order valence-corrected chi connectivity index (χ0v) is 38.6. The van der Waals surface area contributed by atoms with Crippen LogP contribution in [0.3, 0.4) is 0 Å². The maximum atomic E-state index is 12.7. The van der Waals surface area contributed by atoms with Crippen LogP contribution >= 0.6 is 15.6 Å². The molecule has 0 amide bonds.